The van der Waals surface area contributed by atoms with E-state index in [9.17, 15) is 4.79 Å². The van der Waals surface area contributed by atoms with Crippen molar-refractivity contribution < 1.29 is 9.53 Å². The van der Waals surface area contributed by atoms with Gasteiger partial charge < -0.3 is 4.74 Å². The maximum absolute atomic E-state index is 12.8. The predicted molar refractivity (Wildman–Crippen MR) is 97.7 cm³/mol. The molecule has 0 saturated heterocycles. The van der Waals surface area contributed by atoms with E-state index in [1.54, 1.807) is 0 Å². The molecule has 23 heavy (non-hydrogen) atoms. The molecular formula is C20H33NO2. The fourth-order valence-electron chi connectivity index (χ4n) is 2.65. The first kappa shape index (κ1) is 19.7. The van der Waals surface area contributed by atoms with Crippen molar-refractivity contribution in [1.29, 1.82) is 0 Å². The van der Waals surface area contributed by atoms with Crippen LogP contribution >= 0.6 is 0 Å². The summed E-state index contributed by atoms with van der Waals surface area (Å²) < 4.78 is 5.80. The van der Waals surface area contributed by atoms with Crippen LogP contribution in [0.25, 0.3) is 0 Å². The topological polar surface area (TPSA) is 29.5 Å². The molecule has 0 spiro atoms. The number of nitrogens with zero attached hydrogens (tertiary/aromatic N) is 1. The van der Waals surface area contributed by atoms with E-state index in [0.29, 0.717) is 19.1 Å². The molecule has 0 fully saturated rings. The van der Waals surface area contributed by atoms with Gasteiger partial charge >= 0.3 is 0 Å². The second kappa shape index (κ2) is 10.4. The van der Waals surface area contributed by atoms with Gasteiger partial charge in [0.15, 0.2) is 5.78 Å². The Morgan fingerprint density at radius 2 is 1.74 bits per heavy atom. The Bertz CT molecular complexity index is 477. The van der Waals surface area contributed by atoms with Crippen molar-refractivity contribution in [2.24, 2.45) is 0 Å². The fraction of sp³-hybridized carbons (Fsp3) is 0.650. The van der Waals surface area contributed by atoms with Crippen LogP contribution in [-0.4, -0.2) is 36.9 Å². The lowest BCUT2D eigenvalue weighted by atomic mass is 9.98. The molecule has 0 heterocycles. The van der Waals surface area contributed by atoms with Gasteiger partial charge in [-0.25, -0.2) is 0 Å². The molecule has 0 bridgehead atoms. The first-order chi connectivity index (χ1) is 11.0. The highest BCUT2D eigenvalue weighted by Gasteiger charge is 2.17. The van der Waals surface area contributed by atoms with Crippen LogP contribution in [0.5, 0.6) is 5.75 Å². The van der Waals surface area contributed by atoms with E-state index in [1.165, 1.54) is 5.56 Å². The number of hydrogen-bond acceptors (Lipinski definition) is 3. The molecule has 0 N–H and O–H groups in total. The van der Waals surface area contributed by atoms with Gasteiger partial charge in [-0.1, -0.05) is 40.7 Å². The highest BCUT2D eigenvalue weighted by atomic mass is 16.5. The van der Waals surface area contributed by atoms with Crippen molar-refractivity contribution in [3.05, 3.63) is 29.3 Å². The zero-order valence-corrected chi connectivity index (χ0v) is 15.5. The van der Waals surface area contributed by atoms with E-state index < -0.39 is 0 Å². The lowest BCUT2D eigenvalue weighted by molar-refractivity contribution is 0.0926. The standard InChI is InChI=1S/C20H33NO2/c1-6-11-21(12-7-2)15-19(22)18-14-17(16(4)5)9-10-20(18)23-13-8-3/h9-10,14,16H,6-8,11-13,15H2,1-5H3. The summed E-state index contributed by atoms with van der Waals surface area (Å²) >= 11 is 0. The molecule has 1 aromatic rings. The van der Waals surface area contributed by atoms with E-state index in [0.717, 1.165) is 43.7 Å². The van der Waals surface area contributed by atoms with Crippen LogP contribution in [0.4, 0.5) is 0 Å². The summed E-state index contributed by atoms with van der Waals surface area (Å²) in [5, 5.41) is 0. The lowest BCUT2D eigenvalue weighted by Gasteiger charge is -2.21. The summed E-state index contributed by atoms with van der Waals surface area (Å²) in [5.74, 6) is 1.30. The summed E-state index contributed by atoms with van der Waals surface area (Å²) in [6.07, 6.45) is 3.08. The van der Waals surface area contributed by atoms with Crippen molar-refractivity contribution >= 4 is 5.78 Å². The SMILES string of the molecule is CCCOc1ccc(C(C)C)cc1C(=O)CN(CCC)CCC. The number of ether oxygens (including phenoxy) is 1. The first-order valence-electron chi connectivity index (χ1n) is 9.05. The van der Waals surface area contributed by atoms with Crippen LogP contribution in [0.2, 0.25) is 0 Å². The Kier molecular flexibility index (Phi) is 8.93. The number of hydrogen-bond donors (Lipinski definition) is 0. The molecule has 3 nitrogen and oxygen atoms in total. The third-order valence-electron chi connectivity index (χ3n) is 3.88. The zero-order chi connectivity index (χ0) is 17.2. The molecule has 0 aliphatic carbocycles. The van der Waals surface area contributed by atoms with E-state index in [2.05, 4.69) is 45.6 Å². The van der Waals surface area contributed by atoms with Gasteiger partial charge in [0.2, 0.25) is 0 Å². The maximum Gasteiger partial charge on any atom is 0.180 e. The van der Waals surface area contributed by atoms with Crippen LogP contribution < -0.4 is 4.74 Å². The Morgan fingerprint density at radius 3 is 2.26 bits per heavy atom. The van der Waals surface area contributed by atoms with Gasteiger partial charge in [-0.05, 0) is 56.0 Å². The van der Waals surface area contributed by atoms with Gasteiger partial charge in [-0.15, -0.1) is 0 Å². The molecule has 0 unspecified atom stereocenters. The van der Waals surface area contributed by atoms with Crippen molar-refractivity contribution in [3.63, 3.8) is 0 Å². The summed E-state index contributed by atoms with van der Waals surface area (Å²) in [7, 11) is 0. The van der Waals surface area contributed by atoms with E-state index in [1.807, 2.05) is 12.1 Å². The van der Waals surface area contributed by atoms with Gasteiger partial charge in [0.05, 0.1) is 18.7 Å². The number of Topliss-reactive ketones (excluding diaryl/α,β-unsaturated/α-hetero) is 1. The Hall–Kier alpha value is -1.35. The number of carbonyl (C=O) groups excluding carboxylic acids is 1. The monoisotopic (exact) mass is 319 g/mol. The minimum absolute atomic E-state index is 0.167. The summed E-state index contributed by atoms with van der Waals surface area (Å²) in [6, 6.07) is 6.05. The molecule has 0 amide bonds. The van der Waals surface area contributed by atoms with E-state index in [4.69, 9.17) is 4.74 Å². The number of rotatable bonds is 11. The third-order valence-corrected chi connectivity index (χ3v) is 3.88. The second-order valence-electron chi connectivity index (χ2n) is 6.46. The van der Waals surface area contributed by atoms with Crippen molar-refractivity contribution in [2.75, 3.05) is 26.2 Å². The minimum atomic E-state index is 0.167. The molecule has 0 radical (unpaired) electrons. The third kappa shape index (κ3) is 6.34. The second-order valence-corrected chi connectivity index (χ2v) is 6.46. The summed E-state index contributed by atoms with van der Waals surface area (Å²) in [4.78, 5) is 15.1. The summed E-state index contributed by atoms with van der Waals surface area (Å²) in [5.41, 5.74) is 1.93. The molecule has 130 valence electrons. The van der Waals surface area contributed by atoms with Crippen molar-refractivity contribution in [3.8, 4) is 5.75 Å². The highest BCUT2D eigenvalue weighted by Crippen LogP contribution is 2.25. The number of ketones is 1. The molecule has 0 atom stereocenters. The van der Waals surface area contributed by atoms with Crippen molar-refractivity contribution in [1.82, 2.24) is 4.90 Å². The Balaban J connectivity index is 2.99. The van der Waals surface area contributed by atoms with Gasteiger partial charge in [-0.3, -0.25) is 9.69 Å². The molecule has 0 aliphatic rings. The Labute approximate surface area is 142 Å². The first-order valence-corrected chi connectivity index (χ1v) is 9.05. The largest absolute Gasteiger partial charge is 0.493 e. The molecular weight excluding hydrogens is 286 g/mol. The van der Waals surface area contributed by atoms with Crippen LogP contribution in [0.3, 0.4) is 0 Å². The maximum atomic E-state index is 12.8. The molecule has 1 rings (SSSR count). The number of carbonyl (C=O) groups is 1. The van der Waals surface area contributed by atoms with E-state index in [-0.39, 0.29) is 5.78 Å². The van der Waals surface area contributed by atoms with Crippen molar-refractivity contribution in [2.45, 2.75) is 59.8 Å². The molecule has 0 aromatic heterocycles. The minimum Gasteiger partial charge on any atom is -0.493 e. The fourth-order valence-corrected chi connectivity index (χ4v) is 2.65. The summed E-state index contributed by atoms with van der Waals surface area (Å²) in [6.45, 7) is 13.7. The van der Waals surface area contributed by atoms with E-state index >= 15 is 0 Å². The van der Waals surface area contributed by atoms with Crippen LogP contribution in [0, 0.1) is 0 Å². The zero-order valence-electron chi connectivity index (χ0n) is 15.5. The lowest BCUT2D eigenvalue weighted by Crippen LogP contribution is -2.31. The molecule has 1 aromatic carbocycles. The van der Waals surface area contributed by atoms with Gasteiger partial charge in [-0.2, -0.15) is 0 Å². The molecule has 0 saturated carbocycles. The average Bonchev–Trinajstić information content (AvgIpc) is 2.53. The van der Waals surface area contributed by atoms with Gasteiger partial charge in [0.25, 0.3) is 0 Å². The normalized spacial score (nSPS) is 11.3. The smallest absolute Gasteiger partial charge is 0.180 e. The van der Waals surface area contributed by atoms with Gasteiger partial charge in [0.1, 0.15) is 5.75 Å². The van der Waals surface area contributed by atoms with Crippen LogP contribution in [0.15, 0.2) is 18.2 Å². The Morgan fingerprint density at radius 1 is 1.09 bits per heavy atom. The highest BCUT2D eigenvalue weighted by molar-refractivity contribution is 6.00. The molecule has 3 heteroatoms. The van der Waals surface area contributed by atoms with Gasteiger partial charge in [0, 0.05) is 0 Å². The number of benzene rings is 1. The predicted octanol–water partition coefficient (Wildman–Crippen LogP) is 4.90. The van der Waals surface area contributed by atoms with Crippen LogP contribution in [-0.2, 0) is 0 Å². The van der Waals surface area contributed by atoms with Crippen LogP contribution in [0.1, 0.15) is 75.7 Å². The molecule has 0 aliphatic heterocycles. The average molecular weight is 319 g/mol. The quantitative estimate of drug-likeness (QED) is 0.543.